The van der Waals surface area contributed by atoms with Crippen LogP contribution in [0.5, 0.6) is 11.5 Å². The van der Waals surface area contributed by atoms with Crippen LogP contribution in [0.25, 0.3) is 5.69 Å². The molecule has 11 heteroatoms. The van der Waals surface area contributed by atoms with E-state index in [1.54, 1.807) is 12.1 Å². The minimum Gasteiger partial charge on any atom is -0.453 e. The summed E-state index contributed by atoms with van der Waals surface area (Å²) in [6, 6.07) is 8.71. The predicted octanol–water partition coefficient (Wildman–Crippen LogP) is 2.42. The lowest BCUT2D eigenvalue weighted by Crippen LogP contribution is -2.30. The second-order valence-corrected chi connectivity index (χ2v) is 8.21. The Bertz CT molecular complexity index is 1230. The largest absolute Gasteiger partial charge is 0.453 e. The minimum atomic E-state index is -3.54. The number of para-hydroxylation sites is 1. The van der Waals surface area contributed by atoms with Gasteiger partial charge in [-0.1, -0.05) is 35.3 Å². The quantitative estimate of drug-likeness (QED) is 0.684. The fourth-order valence-electron chi connectivity index (χ4n) is 2.25. The first-order valence-electron chi connectivity index (χ1n) is 7.32. The molecule has 140 valence electrons. The Morgan fingerprint density at radius 3 is 2.33 bits per heavy atom. The maximum Gasteiger partial charge on any atom is 0.349 e. The summed E-state index contributed by atoms with van der Waals surface area (Å²) in [7, 11) is -3.54. The first kappa shape index (κ1) is 19.2. The van der Waals surface area contributed by atoms with Crippen LogP contribution >= 0.6 is 23.2 Å². The summed E-state index contributed by atoms with van der Waals surface area (Å²) in [4.78, 5) is 25.0. The van der Waals surface area contributed by atoms with Gasteiger partial charge in [0.2, 0.25) is 0 Å². The summed E-state index contributed by atoms with van der Waals surface area (Å²) in [6.45, 7) is 0. The lowest BCUT2D eigenvalue weighted by molar-refractivity contribution is 0.468. The molecule has 8 nitrogen and oxygen atoms in total. The van der Waals surface area contributed by atoms with E-state index in [4.69, 9.17) is 27.9 Å². The van der Waals surface area contributed by atoms with Crippen molar-refractivity contribution >= 4 is 33.0 Å². The van der Waals surface area contributed by atoms with E-state index in [9.17, 15) is 18.0 Å². The van der Waals surface area contributed by atoms with E-state index < -0.39 is 21.1 Å². The van der Waals surface area contributed by atoms with Crippen LogP contribution in [-0.2, 0) is 9.84 Å². The molecule has 0 atom stereocenters. The van der Waals surface area contributed by atoms with Gasteiger partial charge in [0.15, 0.2) is 15.6 Å². The van der Waals surface area contributed by atoms with Crippen molar-refractivity contribution in [2.75, 3.05) is 6.26 Å². The number of hydrogen-bond acceptors (Lipinski definition) is 6. The highest BCUT2D eigenvalue weighted by Crippen LogP contribution is 2.39. The molecule has 0 saturated heterocycles. The molecular formula is C16H11Cl2N3O5S. The summed E-state index contributed by atoms with van der Waals surface area (Å²) < 4.78 is 30.3. The molecule has 0 aliphatic heterocycles. The zero-order valence-electron chi connectivity index (χ0n) is 13.6. The van der Waals surface area contributed by atoms with Gasteiger partial charge in [0.25, 0.3) is 5.56 Å². The first-order chi connectivity index (χ1) is 12.7. The van der Waals surface area contributed by atoms with Gasteiger partial charge in [0.05, 0.1) is 15.7 Å². The zero-order chi connectivity index (χ0) is 19.8. The van der Waals surface area contributed by atoms with Gasteiger partial charge in [0, 0.05) is 6.26 Å². The number of nitrogens with one attached hydrogen (secondary N) is 1. The molecule has 0 aliphatic carbocycles. The van der Waals surface area contributed by atoms with Gasteiger partial charge in [-0.2, -0.15) is 9.78 Å². The third-order valence-electron chi connectivity index (χ3n) is 3.40. The molecule has 1 aromatic heterocycles. The Labute approximate surface area is 162 Å². The van der Waals surface area contributed by atoms with Gasteiger partial charge in [-0.05, 0) is 24.3 Å². The SMILES string of the molecule is CS(=O)(=O)c1ccccc1Oc1c(Cl)cc(-n2ncc(=O)[nH]c2=O)cc1Cl. The van der Waals surface area contributed by atoms with Gasteiger partial charge in [-0.15, -0.1) is 0 Å². The first-order valence-corrected chi connectivity index (χ1v) is 9.96. The van der Waals surface area contributed by atoms with E-state index in [-0.39, 0.29) is 32.1 Å². The van der Waals surface area contributed by atoms with Crippen LogP contribution in [0.15, 0.2) is 57.1 Å². The normalized spacial score (nSPS) is 11.4. The monoisotopic (exact) mass is 427 g/mol. The number of sulfone groups is 1. The summed E-state index contributed by atoms with van der Waals surface area (Å²) in [5.41, 5.74) is -1.23. The molecule has 1 heterocycles. The molecule has 0 saturated carbocycles. The van der Waals surface area contributed by atoms with Crippen molar-refractivity contribution in [1.82, 2.24) is 14.8 Å². The van der Waals surface area contributed by atoms with Gasteiger partial charge >= 0.3 is 5.69 Å². The maximum absolute atomic E-state index is 11.9. The molecule has 1 N–H and O–H groups in total. The standard InChI is InChI=1S/C16H11Cl2N3O5S/c1-27(24,25)13-5-3-2-4-12(13)26-15-10(17)6-9(7-11(15)18)21-16(23)20-14(22)8-19-21/h2-8H,1H3,(H,20,22,23). The number of hydrogen-bond donors (Lipinski definition) is 1. The number of ether oxygens (including phenoxy) is 1. The molecule has 0 spiro atoms. The van der Waals surface area contributed by atoms with Crippen molar-refractivity contribution in [3.63, 3.8) is 0 Å². The van der Waals surface area contributed by atoms with E-state index in [1.807, 2.05) is 0 Å². The summed E-state index contributed by atoms with van der Waals surface area (Å²) >= 11 is 12.4. The Balaban J connectivity index is 2.08. The van der Waals surface area contributed by atoms with E-state index in [0.717, 1.165) is 17.1 Å². The maximum atomic E-state index is 11.9. The number of halogens is 2. The van der Waals surface area contributed by atoms with E-state index in [1.165, 1.54) is 24.3 Å². The summed E-state index contributed by atoms with van der Waals surface area (Å²) in [5, 5.41) is 3.74. The number of nitrogens with zero attached hydrogens (tertiary/aromatic N) is 2. The van der Waals surface area contributed by atoms with Crippen LogP contribution < -0.4 is 16.0 Å². The molecule has 0 fully saturated rings. The highest BCUT2D eigenvalue weighted by molar-refractivity contribution is 7.90. The number of rotatable bonds is 4. The molecular weight excluding hydrogens is 417 g/mol. The van der Waals surface area contributed by atoms with Gasteiger partial charge in [-0.25, -0.2) is 13.2 Å². The smallest absolute Gasteiger partial charge is 0.349 e. The van der Waals surface area contributed by atoms with Crippen LogP contribution in [0.1, 0.15) is 0 Å². The predicted molar refractivity (Wildman–Crippen MR) is 100 cm³/mol. The van der Waals surface area contributed by atoms with Gasteiger partial charge in [-0.3, -0.25) is 9.78 Å². The third kappa shape index (κ3) is 4.05. The Morgan fingerprint density at radius 2 is 1.74 bits per heavy atom. The number of benzene rings is 2. The molecule has 27 heavy (non-hydrogen) atoms. The van der Waals surface area contributed by atoms with Crippen molar-refractivity contribution in [3.05, 3.63) is 73.5 Å². The van der Waals surface area contributed by atoms with Crippen LogP contribution in [-0.4, -0.2) is 29.4 Å². The fraction of sp³-hybridized carbons (Fsp3) is 0.0625. The van der Waals surface area contributed by atoms with E-state index in [0.29, 0.717) is 0 Å². The minimum absolute atomic E-state index is 0.00987. The number of H-pyrrole nitrogens is 1. The average Bonchev–Trinajstić information content (AvgIpc) is 2.57. The molecule has 0 aliphatic rings. The van der Waals surface area contributed by atoms with Gasteiger partial charge in [0.1, 0.15) is 16.8 Å². The van der Waals surface area contributed by atoms with Crippen molar-refractivity contribution in [1.29, 1.82) is 0 Å². The summed E-state index contributed by atoms with van der Waals surface area (Å²) in [5.74, 6) is 0.0616. The second-order valence-electron chi connectivity index (χ2n) is 5.41. The summed E-state index contributed by atoms with van der Waals surface area (Å²) in [6.07, 6.45) is 1.98. The lowest BCUT2D eigenvalue weighted by atomic mass is 10.3. The van der Waals surface area contributed by atoms with Crippen LogP contribution in [0, 0.1) is 0 Å². The van der Waals surface area contributed by atoms with Crippen molar-refractivity contribution in [2.24, 2.45) is 0 Å². The lowest BCUT2D eigenvalue weighted by Gasteiger charge is -2.14. The zero-order valence-corrected chi connectivity index (χ0v) is 16.0. The van der Waals surface area contributed by atoms with Crippen molar-refractivity contribution < 1.29 is 13.2 Å². The number of aromatic nitrogens is 3. The Morgan fingerprint density at radius 1 is 1.11 bits per heavy atom. The number of aromatic amines is 1. The molecule has 0 radical (unpaired) electrons. The molecule has 0 unspecified atom stereocenters. The fourth-order valence-corrected chi connectivity index (χ4v) is 3.61. The van der Waals surface area contributed by atoms with Gasteiger partial charge < -0.3 is 4.74 Å². The van der Waals surface area contributed by atoms with Crippen molar-refractivity contribution in [2.45, 2.75) is 4.90 Å². The van der Waals surface area contributed by atoms with Crippen molar-refractivity contribution in [3.8, 4) is 17.2 Å². The Kier molecular flexibility index (Phi) is 5.09. The molecule has 0 bridgehead atoms. The Hall–Kier alpha value is -2.62. The molecule has 3 rings (SSSR count). The third-order valence-corrected chi connectivity index (χ3v) is 5.10. The van der Waals surface area contributed by atoms with Crippen LogP contribution in [0.4, 0.5) is 0 Å². The average molecular weight is 428 g/mol. The van der Waals surface area contributed by atoms with E-state index in [2.05, 4.69) is 10.1 Å². The molecule has 0 amide bonds. The highest BCUT2D eigenvalue weighted by Gasteiger charge is 2.18. The van der Waals surface area contributed by atoms with Crippen LogP contribution in [0.3, 0.4) is 0 Å². The molecule has 2 aromatic carbocycles. The topological polar surface area (TPSA) is 111 Å². The van der Waals surface area contributed by atoms with E-state index >= 15 is 0 Å². The highest BCUT2D eigenvalue weighted by atomic mass is 35.5. The molecule has 3 aromatic rings. The second kappa shape index (κ2) is 7.18. The van der Waals surface area contributed by atoms with Crippen LogP contribution in [0.2, 0.25) is 10.0 Å².